The lowest BCUT2D eigenvalue weighted by Gasteiger charge is -2.30. The minimum absolute atomic E-state index is 0.299. The molecule has 354 valence electrons. The summed E-state index contributed by atoms with van der Waals surface area (Å²) in [6.07, 6.45) is 0. The Morgan fingerprint density at radius 1 is 0.355 bits per heavy atom. The summed E-state index contributed by atoms with van der Waals surface area (Å²) >= 11 is 0. The van der Waals surface area contributed by atoms with Crippen LogP contribution in [0.4, 0.5) is 48.6 Å². The van der Waals surface area contributed by atoms with E-state index < -0.39 is 11.6 Å². The van der Waals surface area contributed by atoms with E-state index in [1.54, 1.807) is 84.9 Å². The van der Waals surface area contributed by atoms with Gasteiger partial charge in [-0.2, -0.15) is 15.8 Å². The molecule has 0 saturated heterocycles. The fourth-order valence-corrected chi connectivity index (χ4v) is 10.5. The highest BCUT2D eigenvalue weighted by molar-refractivity contribution is 6.28. The van der Waals surface area contributed by atoms with Crippen LogP contribution in [0.2, 0.25) is 0 Å². The van der Waals surface area contributed by atoms with Crippen molar-refractivity contribution in [3.8, 4) is 62.7 Å². The van der Waals surface area contributed by atoms with Gasteiger partial charge in [0.25, 0.3) is 0 Å². The van der Waals surface area contributed by atoms with Crippen LogP contribution in [0.1, 0.15) is 16.7 Å². The maximum absolute atomic E-state index is 18.3. The first kappa shape index (κ1) is 46.2. The second-order valence-corrected chi connectivity index (χ2v) is 18.3. The van der Waals surface area contributed by atoms with Gasteiger partial charge in [-0.05, 0) is 140 Å². The number of benzene rings is 12. The molecule has 0 radical (unpaired) electrons. The van der Waals surface area contributed by atoms with Crippen molar-refractivity contribution >= 4 is 72.1 Å². The number of anilines is 6. The first-order chi connectivity index (χ1) is 37.3. The average molecular weight is 977 g/mol. The highest BCUT2D eigenvalue weighted by Gasteiger charge is 2.28. The molecule has 0 unspecified atom stereocenters. The number of hydrogen-bond donors (Lipinski definition) is 0. The van der Waals surface area contributed by atoms with Crippen LogP contribution in [0.3, 0.4) is 0 Å². The van der Waals surface area contributed by atoms with Gasteiger partial charge >= 0.3 is 0 Å². The lowest BCUT2D eigenvalue weighted by atomic mass is 9.90. The second-order valence-electron chi connectivity index (χ2n) is 18.3. The van der Waals surface area contributed by atoms with E-state index in [-0.39, 0.29) is 0 Å². The molecule has 0 aliphatic heterocycles. The average Bonchev–Trinajstić information content (AvgIpc) is 3.50. The van der Waals surface area contributed by atoms with Crippen LogP contribution in [0.5, 0.6) is 0 Å². The third-order valence-corrected chi connectivity index (χ3v) is 14.1. The summed E-state index contributed by atoms with van der Waals surface area (Å²) in [6.45, 7) is 7.60. The summed E-state index contributed by atoms with van der Waals surface area (Å²) in [7, 11) is 0. The van der Waals surface area contributed by atoms with Crippen LogP contribution >= 0.6 is 0 Å². The molecule has 0 heterocycles. The summed E-state index contributed by atoms with van der Waals surface area (Å²) < 4.78 is 36.5. The smallest absolute Gasteiger partial charge is 0.187 e. The van der Waals surface area contributed by atoms with Crippen molar-refractivity contribution in [1.29, 1.82) is 15.8 Å². The monoisotopic (exact) mass is 976 g/mol. The standard InChI is InChI=1S/C68H38F2N6/c1-74-52-30-24-51(25-31-52)66-56(47-20-14-44(41-72)15-21-47)35-39-62(68(66)70)76(54-10-6-3-7-11-54)60-37-29-49-26-32-57-59(36-28-48-27-33-58(60)64(49)63(48)57)75(53-8-4-2-5-9-53)61-38-34-55(46-18-12-43(40-71)13-19-46)65(67(61)69)50-22-16-45(42-73)17-23-50/h2-39H. The zero-order valence-corrected chi connectivity index (χ0v) is 40.4. The minimum Gasteiger partial charge on any atom is -0.307 e. The summed E-state index contributed by atoms with van der Waals surface area (Å²) in [4.78, 5) is 7.49. The Kier molecular flexibility index (Phi) is 11.7. The molecular formula is C68H38F2N6. The highest BCUT2D eigenvalue weighted by atomic mass is 19.1. The zero-order chi connectivity index (χ0) is 51.9. The number of para-hydroxylation sites is 2. The topological polar surface area (TPSA) is 82.2 Å². The highest BCUT2D eigenvalue weighted by Crippen LogP contribution is 2.51. The molecular weight excluding hydrogens is 939 g/mol. The first-order valence-electron chi connectivity index (χ1n) is 24.4. The predicted octanol–water partition coefficient (Wildman–Crippen LogP) is 18.6. The van der Waals surface area contributed by atoms with Crippen molar-refractivity contribution in [2.24, 2.45) is 0 Å². The number of rotatable bonds is 10. The zero-order valence-electron chi connectivity index (χ0n) is 40.4. The van der Waals surface area contributed by atoms with E-state index in [0.717, 1.165) is 66.2 Å². The number of nitriles is 3. The van der Waals surface area contributed by atoms with Crippen LogP contribution in [0.15, 0.2) is 231 Å². The fourth-order valence-electron chi connectivity index (χ4n) is 10.5. The van der Waals surface area contributed by atoms with Gasteiger partial charge in [-0.1, -0.05) is 146 Å². The van der Waals surface area contributed by atoms with E-state index >= 15 is 8.78 Å². The van der Waals surface area contributed by atoms with Gasteiger partial charge in [0.2, 0.25) is 0 Å². The van der Waals surface area contributed by atoms with Gasteiger partial charge in [-0.25, -0.2) is 13.6 Å². The van der Waals surface area contributed by atoms with Gasteiger partial charge in [-0.15, -0.1) is 0 Å². The van der Waals surface area contributed by atoms with Crippen LogP contribution < -0.4 is 9.80 Å². The maximum atomic E-state index is 18.3. The van der Waals surface area contributed by atoms with Gasteiger partial charge < -0.3 is 9.80 Å². The molecule has 0 aliphatic rings. The molecule has 0 fully saturated rings. The van der Waals surface area contributed by atoms with E-state index in [1.165, 1.54) is 0 Å². The molecule has 12 aromatic rings. The molecule has 0 aliphatic carbocycles. The lowest BCUT2D eigenvalue weighted by molar-refractivity contribution is 0.632. The van der Waals surface area contributed by atoms with Crippen LogP contribution in [-0.2, 0) is 0 Å². The molecule has 0 N–H and O–H groups in total. The molecule has 0 amide bonds. The van der Waals surface area contributed by atoms with Crippen LogP contribution in [-0.4, -0.2) is 0 Å². The third-order valence-electron chi connectivity index (χ3n) is 14.1. The Morgan fingerprint density at radius 3 is 1.07 bits per heavy atom. The van der Waals surface area contributed by atoms with Gasteiger partial charge in [0.05, 0.1) is 64.2 Å². The van der Waals surface area contributed by atoms with Crippen molar-refractivity contribution < 1.29 is 8.78 Å². The Morgan fingerprint density at radius 2 is 0.697 bits per heavy atom. The third kappa shape index (κ3) is 7.94. The predicted molar refractivity (Wildman–Crippen MR) is 302 cm³/mol. The minimum atomic E-state index is -0.476. The fraction of sp³-hybridized carbons (Fsp3) is 0. The molecule has 0 saturated carbocycles. The summed E-state index contributed by atoms with van der Waals surface area (Å²) in [5, 5.41) is 34.4. The molecule has 12 rings (SSSR count). The van der Waals surface area contributed by atoms with E-state index in [4.69, 9.17) is 6.57 Å². The summed E-state index contributed by atoms with van der Waals surface area (Å²) in [6, 6.07) is 77.8. The first-order valence-corrected chi connectivity index (χ1v) is 24.4. The van der Waals surface area contributed by atoms with Crippen molar-refractivity contribution in [3.63, 3.8) is 0 Å². The molecule has 0 spiro atoms. The molecule has 8 heteroatoms. The molecule has 6 nitrogen and oxygen atoms in total. The Balaban J connectivity index is 1.08. The molecule has 0 aromatic heterocycles. The van der Waals surface area contributed by atoms with Gasteiger partial charge in [-0.3, -0.25) is 0 Å². The Hall–Kier alpha value is -10.9. The van der Waals surface area contributed by atoms with E-state index in [0.29, 0.717) is 67.1 Å². The van der Waals surface area contributed by atoms with Gasteiger partial charge in [0.1, 0.15) is 0 Å². The normalized spacial score (nSPS) is 11.0. The number of halogens is 2. The Bertz CT molecular complexity index is 4090. The summed E-state index contributed by atoms with van der Waals surface area (Å²) in [5.74, 6) is -0.948. The largest absolute Gasteiger partial charge is 0.307 e. The quantitative estimate of drug-likeness (QED) is 0.101. The molecule has 0 bridgehead atoms. The van der Waals surface area contributed by atoms with Gasteiger partial charge in [0.15, 0.2) is 17.3 Å². The summed E-state index contributed by atoms with van der Waals surface area (Å²) in [5.41, 5.74) is 9.96. The van der Waals surface area contributed by atoms with Crippen molar-refractivity contribution in [2.45, 2.75) is 0 Å². The maximum Gasteiger partial charge on any atom is 0.187 e. The second kappa shape index (κ2) is 19.3. The van der Waals surface area contributed by atoms with Crippen molar-refractivity contribution in [2.75, 3.05) is 9.80 Å². The van der Waals surface area contributed by atoms with Gasteiger partial charge in [0, 0.05) is 33.3 Å². The van der Waals surface area contributed by atoms with Crippen LogP contribution in [0.25, 0.3) is 81.7 Å². The molecule has 12 aromatic carbocycles. The van der Waals surface area contributed by atoms with E-state index in [2.05, 4.69) is 59.5 Å². The molecule has 0 atom stereocenters. The Labute approximate surface area is 437 Å². The SMILES string of the molecule is [C-]#[N+]c1ccc(-c2c(-c3ccc(C#N)cc3)ccc(N(c3ccccc3)c3ccc4ccc5c(N(c6ccccc6)c6ccc(-c7ccc(C#N)cc7)c(-c7ccc(C#N)cc7)c6F)ccc6ccc3c4c65)c2F)cc1. The van der Waals surface area contributed by atoms with Crippen LogP contribution in [0, 0.1) is 52.2 Å². The van der Waals surface area contributed by atoms with E-state index in [1.807, 2.05) is 119 Å². The lowest BCUT2D eigenvalue weighted by Crippen LogP contribution is -2.14. The number of hydrogen-bond acceptors (Lipinski definition) is 5. The van der Waals surface area contributed by atoms with E-state index in [9.17, 15) is 15.8 Å². The van der Waals surface area contributed by atoms with Crippen molar-refractivity contribution in [1.82, 2.24) is 0 Å². The number of nitrogens with zero attached hydrogens (tertiary/aromatic N) is 6. The molecule has 76 heavy (non-hydrogen) atoms. The van der Waals surface area contributed by atoms with Crippen molar-refractivity contribution in [3.05, 3.63) is 270 Å².